The minimum Gasteiger partial charge on any atom is -0.389 e. The number of nitriles is 1. The van der Waals surface area contributed by atoms with Crippen LogP contribution >= 0.6 is 0 Å². The van der Waals surface area contributed by atoms with E-state index in [9.17, 15) is 17.9 Å². The topological polar surface area (TPSA) is 90.2 Å². The molecule has 22 heavy (non-hydrogen) atoms. The first-order valence-electron chi connectivity index (χ1n) is 7.00. The van der Waals surface area contributed by atoms with Gasteiger partial charge in [0.15, 0.2) is 0 Å². The first-order chi connectivity index (χ1) is 10.1. The fourth-order valence-electron chi connectivity index (χ4n) is 1.85. The summed E-state index contributed by atoms with van der Waals surface area (Å²) in [5.74, 6) is -0.506. The van der Waals surface area contributed by atoms with Crippen LogP contribution in [-0.2, 0) is 10.0 Å². The average Bonchev–Trinajstić information content (AvgIpc) is 2.43. The normalized spacial score (nSPS) is 14.6. The van der Waals surface area contributed by atoms with Crippen LogP contribution in [0.5, 0.6) is 0 Å². The number of nitrogens with one attached hydrogen (secondary N) is 1. The first kappa shape index (κ1) is 18.6. The molecule has 0 radical (unpaired) electrons. The van der Waals surface area contributed by atoms with Crippen molar-refractivity contribution in [3.05, 3.63) is 29.6 Å². The number of sulfonamides is 1. The number of benzene rings is 1. The molecule has 0 aliphatic carbocycles. The summed E-state index contributed by atoms with van der Waals surface area (Å²) in [6, 6.07) is 4.96. The van der Waals surface area contributed by atoms with Gasteiger partial charge in [0, 0.05) is 6.54 Å². The molecule has 0 amide bonds. The molecule has 0 saturated heterocycles. The first-order valence-corrected chi connectivity index (χ1v) is 8.48. The Balaban J connectivity index is 2.90. The highest BCUT2D eigenvalue weighted by Crippen LogP contribution is 2.20. The van der Waals surface area contributed by atoms with Crippen molar-refractivity contribution in [2.24, 2.45) is 5.92 Å². The number of halogens is 1. The highest BCUT2D eigenvalue weighted by atomic mass is 32.2. The molecular weight excluding hydrogens is 307 g/mol. The highest BCUT2D eigenvalue weighted by Gasteiger charge is 2.26. The molecule has 1 unspecified atom stereocenters. The van der Waals surface area contributed by atoms with Gasteiger partial charge in [0.25, 0.3) is 0 Å². The van der Waals surface area contributed by atoms with E-state index in [0.29, 0.717) is 12.3 Å². The van der Waals surface area contributed by atoms with E-state index in [1.807, 2.05) is 13.8 Å². The molecule has 5 nitrogen and oxygen atoms in total. The van der Waals surface area contributed by atoms with E-state index in [-0.39, 0.29) is 6.54 Å². The summed E-state index contributed by atoms with van der Waals surface area (Å²) in [6.07, 6.45) is 1.18. The van der Waals surface area contributed by atoms with Crippen molar-refractivity contribution in [1.29, 1.82) is 5.26 Å². The second-order valence-corrected chi connectivity index (χ2v) is 7.71. The molecule has 1 atom stereocenters. The van der Waals surface area contributed by atoms with Crippen molar-refractivity contribution in [3.63, 3.8) is 0 Å². The fraction of sp³-hybridized carbons (Fsp3) is 0.533. The molecule has 1 rings (SSSR count). The summed E-state index contributed by atoms with van der Waals surface area (Å²) in [4.78, 5) is -0.422. The van der Waals surface area contributed by atoms with Crippen LogP contribution in [0.15, 0.2) is 23.1 Å². The number of hydrogen-bond donors (Lipinski definition) is 2. The van der Waals surface area contributed by atoms with Gasteiger partial charge < -0.3 is 5.11 Å². The third kappa shape index (κ3) is 5.05. The SMILES string of the molecule is CC(C)CCC(C)(O)CNS(=O)(=O)c1cccc(F)c1C#N. The fourth-order valence-corrected chi connectivity index (χ4v) is 3.18. The van der Waals surface area contributed by atoms with Crippen LogP contribution < -0.4 is 4.72 Å². The smallest absolute Gasteiger partial charge is 0.242 e. The summed E-state index contributed by atoms with van der Waals surface area (Å²) in [7, 11) is -4.07. The summed E-state index contributed by atoms with van der Waals surface area (Å²) >= 11 is 0. The maximum absolute atomic E-state index is 13.5. The maximum Gasteiger partial charge on any atom is 0.242 e. The summed E-state index contributed by atoms with van der Waals surface area (Å²) in [5.41, 5.74) is -1.74. The van der Waals surface area contributed by atoms with Crippen molar-refractivity contribution in [3.8, 4) is 6.07 Å². The molecule has 7 heteroatoms. The molecule has 122 valence electrons. The van der Waals surface area contributed by atoms with Crippen LogP contribution in [0.1, 0.15) is 39.2 Å². The zero-order valence-corrected chi connectivity index (χ0v) is 13.7. The number of hydrogen-bond acceptors (Lipinski definition) is 4. The lowest BCUT2D eigenvalue weighted by Gasteiger charge is -2.24. The minimum atomic E-state index is -4.07. The van der Waals surface area contributed by atoms with Crippen molar-refractivity contribution in [1.82, 2.24) is 4.72 Å². The molecule has 1 aromatic rings. The highest BCUT2D eigenvalue weighted by molar-refractivity contribution is 7.89. The molecule has 1 aromatic carbocycles. The van der Waals surface area contributed by atoms with E-state index in [4.69, 9.17) is 5.26 Å². The Kier molecular flexibility index (Phi) is 6.06. The van der Waals surface area contributed by atoms with Crippen LogP contribution in [0, 0.1) is 23.1 Å². The van der Waals surface area contributed by atoms with Crippen LogP contribution in [-0.4, -0.2) is 25.7 Å². The molecule has 0 spiro atoms. The predicted octanol–water partition coefficient (Wildman–Crippen LogP) is 2.16. The Labute approximate surface area is 130 Å². The molecule has 0 bridgehead atoms. The summed E-state index contributed by atoms with van der Waals surface area (Å²) in [6.45, 7) is 5.34. The molecule has 0 heterocycles. The zero-order valence-electron chi connectivity index (χ0n) is 12.9. The van der Waals surface area contributed by atoms with E-state index in [2.05, 4.69) is 4.72 Å². The number of nitrogens with zero attached hydrogens (tertiary/aromatic N) is 1. The largest absolute Gasteiger partial charge is 0.389 e. The standard InChI is InChI=1S/C15H21FN2O3S/c1-11(2)7-8-15(3,19)10-18-22(20,21)14-6-4-5-13(16)12(14)9-17/h4-6,11,18-19H,7-8,10H2,1-3H3. The summed E-state index contributed by atoms with van der Waals surface area (Å²) in [5, 5.41) is 19.1. The van der Waals surface area contributed by atoms with Gasteiger partial charge in [0.05, 0.1) is 5.60 Å². The third-order valence-electron chi connectivity index (χ3n) is 3.28. The molecule has 2 N–H and O–H groups in total. The van der Waals surface area contributed by atoms with Gasteiger partial charge in [-0.2, -0.15) is 5.26 Å². The van der Waals surface area contributed by atoms with Crippen LogP contribution in [0.2, 0.25) is 0 Å². The van der Waals surface area contributed by atoms with Crippen molar-refractivity contribution in [2.45, 2.75) is 44.1 Å². The van der Waals surface area contributed by atoms with Gasteiger partial charge in [-0.05, 0) is 37.8 Å². The van der Waals surface area contributed by atoms with E-state index >= 15 is 0 Å². The third-order valence-corrected chi connectivity index (χ3v) is 4.72. The van der Waals surface area contributed by atoms with Gasteiger partial charge >= 0.3 is 0 Å². The van der Waals surface area contributed by atoms with Gasteiger partial charge in [-0.3, -0.25) is 0 Å². The Hall–Kier alpha value is -1.49. The van der Waals surface area contributed by atoms with E-state index in [1.54, 1.807) is 6.07 Å². The second-order valence-electron chi connectivity index (χ2n) is 5.98. The Morgan fingerprint density at radius 3 is 2.64 bits per heavy atom. The average molecular weight is 328 g/mol. The maximum atomic E-state index is 13.5. The monoisotopic (exact) mass is 328 g/mol. The molecular formula is C15H21FN2O3S. The van der Waals surface area contributed by atoms with Gasteiger partial charge in [-0.25, -0.2) is 17.5 Å². The Morgan fingerprint density at radius 2 is 2.09 bits per heavy atom. The Bertz CT molecular complexity index is 664. The molecule has 0 aliphatic rings. The predicted molar refractivity (Wildman–Crippen MR) is 81.0 cm³/mol. The van der Waals surface area contributed by atoms with Crippen LogP contribution in [0.4, 0.5) is 4.39 Å². The molecule has 0 aromatic heterocycles. The zero-order chi connectivity index (χ0) is 17.0. The van der Waals surface area contributed by atoms with Crippen molar-refractivity contribution < 1.29 is 17.9 Å². The van der Waals surface area contributed by atoms with Gasteiger partial charge in [-0.1, -0.05) is 19.9 Å². The minimum absolute atomic E-state index is 0.205. The van der Waals surface area contributed by atoms with Crippen LogP contribution in [0.3, 0.4) is 0 Å². The molecule has 0 saturated carbocycles. The van der Waals surface area contributed by atoms with Gasteiger partial charge in [0.2, 0.25) is 10.0 Å². The van der Waals surface area contributed by atoms with Crippen molar-refractivity contribution >= 4 is 10.0 Å². The lowest BCUT2D eigenvalue weighted by molar-refractivity contribution is 0.0506. The number of rotatable bonds is 7. The molecule has 0 fully saturated rings. The van der Waals surface area contributed by atoms with E-state index in [1.165, 1.54) is 13.0 Å². The Morgan fingerprint density at radius 1 is 1.45 bits per heavy atom. The quantitative estimate of drug-likeness (QED) is 0.802. The van der Waals surface area contributed by atoms with Gasteiger partial charge in [-0.15, -0.1) is 0 Å². The second kappa shape index (κ2) is 7.18. The lowest BCUT2D eigenvalue weighted by atomic mass is 9.96. The van der Waals surface area contributed by atoms with Crippen molar-refractivity contribution in [2.75, 3.05) is 6.54 Å². The lowest BCUT2D eigenvalue weighted by Crippen LogP contribution is -2.41. The molecule has 0 aliphatic heterocycles. The van der Waals surface area contributed by atoms with Crippen LogP contribution in [0.25, 0.3) is 0 Å². The number of aliphatic hydroxyl groups is 1. The summed E-state index contributed by atoms with van der Waals surface area (Å²) < 4.78 is 40.2. The van der Waals surface area contributed by atoms with E-state index < -0.39 is 31.9 Å². The van der Waals surface area contributed by atoms with E-state index in [0.717, 1.165) is 18.6 Å². The van der Waals surface area contributed by atoms with Gasteiger partial charge in [0.1, 0.15) is 22.3 Å².